The Bertz CT molecular complexity index is 695. The summed E-state index contributed by atoms with van der Waals surface area (Å²) in [5.74, 6) is 0.955. The van der Waals surface area contributed by atoms with Crippen molar-refractivity contribution < 1.29 is 9.32 Å². The van der Waals surface area contributed by atoms with Gasteiger partial charge in [0.05, 0.1) is 16.8 Å². The number of hydrogen-bond donors (Lipinski definition) is 0. The summed E-state index contributed by atoms with van der Waals surface area (Å²) in [7, 11) is 0. The fourth-order valence-corrected chi connectivity index (χ4v) is 4.25. The molecule has 0 radical (unpaired) electrons. The molecule has 0 unspecified atom stereocenters. The van der Waals surface area contributed by atoms with Crippen LogP contribution in [0.3, 0.4) is 0 Å². The van der Waals surface area contributed by atoms with Crippen LogP contribution in [0.1, 0.15) is 54.9 Å². The van der Waals surface area contributed by atoms with Gasteiger partial charge in [-0.05, 0) is 44.6 Å². The molecule has 0 bridgehead atoms. The standard InChI is InChI=1S/C18H24N2O2S/c1-12-16(13(2)22-19-12)15-10-14(11-23-15)17(21)20-8-5-6-18(3,4)7-9-20/h10-11H,5-9H2,1-4H3. The van der Waals surface area contributed by atoms with E-state index in [9.17, 15) is 4.79 Å². The summed E-state index contributed by atoms with van der Waals surface area (Å²) in [6.07, 6.45) is 3.34. The molecule has 0 N–H and O–H groups in total. The Labute approximate surface area is 141 Å². The number of likely N-dealkylation sites (tertiary alicyclic amines) is 1. The molecular formula is C18H24N2O2S. The molecule has 124 valence electrons. The molecular weight excluding hydrogens is 308 g/mol. The van der Waals surface area contributed by atoms with Gasteiger partial charge in [-0.15, -0.1) is 11.3 Å². The lowest BCUT2D eigenvalue weighted by molar-refractivity contribution is 0.0758. The molecule has 5 heteroatoms. The molecule has 0 atom stereocenters. The van der Waals surface area contributed by atoms with Crippen molar-refractivity contribution in [1.29, 1.82) is 0 Å². The lowest BCUT2D eigenvalue weighted by atomic mass is 9.85. The summed E-state index contributed by atoms with van der Waals surface area (Å²) in [5, 5.41) is 5.96. The van der Waals surface area contributed by atoms with Crippen LogP contribution in [0.2, 0.25) is 0 Å². The van der Waals surface area contributed by atoms with Crippen LogP contribution < -0.4 is 0 Å². The Morgan fingerprint density at radius 1 is 1.30 bits per heavy atom. The number of carbonyl (C=O) groups is 1. The van der Waals surface area contributed by atoms with Gasteiger partial charge in [-0.3, -0.25) is 4.79 Å². The van der Waals surface area contributed by atoms with Crippen molar-refractivity contribution in [2.45, 2.75) is 47.0 Å². The lowest BCUT2D eigenvalue weighted by Crippen LogP contribution is -2.32. The van der Waals surface area contributed by atoms with Crippen molar-refractivity contribution in [2.75, 3.05) is 13.1 Å². The second-order valence-corrected chi connectivity index (χ2v) is 8.12. The summed E-state index contributed by atoms with van der Waals surface area (Å²) >= 11 is 1.59. The first-order valence-electron chi connectivity index (χ1n) is 8.18. The monoisotopic (exact) mass is 332 g/mol. The predicted molar refractivity (Wildman–Crippen MR) is 92.8 cm³/mol. The smallest absolute Gasteiger partial charge is 0.254 e. The minimum absolute atomic E-state index is 0.150. The maximum absolute atomic E-state index is 12.8. The van der Waals surface area contributed by atoms with E-state index in [0.29, 0.717) is 5.41 Å². The van der Waals surface area contributed by atoms with E-state index in [-0.39, 0.29) is 5.91 Å². The molecule has 1 amide bonds. The zero-order chi connectivity index (χ0) is 16.6. The molecule has 0 aliphatic carbocycles. The largest absolute Gasteiger partial charge is 0.361 e. The third kappa shape index (κ3) is 3.34. The summed E-state index contributed by atoms with van der Waals surface area (Å²) in [6.45, 7) is 10.1. The van der Waals surface area contributed by atoms with Gasteiger partial charge in [-0.2, -0.15) is 0 Å². The maximum atomic E-state index is 12.8. The molecule has 2 aromatic rings. The first-order chi connectivity index (χ1) is 10.9. The highest BCUT2D eigenvalue weighted by Gasteiger charge is 2.26. The zero-order valence-electron chi connectivity index (χ0n) is 14.3. The third-order valence-electron chi connectivity index (χ3n) is 4.75. The van der Waals surface area contributed by atoms with Gasteiger partial charge in [0.1, 0.15) is 5.76 Å². The zero-order valence-corrected chi connectivity index (χ0v) is 15.1. The SMILES string of the molecule is Cc1noc(C)c1-c1cc(C(=O)N2CCCC(C)(C)CC2)cs1. The molecule has 3 rings (SSSR count). The van der Waals surface area contributed by atoms with Crippen LogP contribution >= 0.6 is 11.3 Å². The van der Waals surface area contributed by atoms with Gasteiger partial charge >= 0.3 is 0 Å². The molecule has 1 aliphatic heterocycles. The van der Waals surface area contributed by atoms with Gasteiger partial charge in [0.15, 0.2) is 0 Å². The summed E-state index contributed by atoms with van der Waals surface area (Å²) in [6, 6.07) is 1.98. The maximum Gasteiger partial charge on any atom is 0.254 e. The van der Waals surface area contributed by atoms with Crippen LogP contribution in [-0.4, -0.2) is 29.1 Å². The van der Waals surface area contributed by atoms with Gasteiger partial charge in [-0.25, -0.2) is 0 Å². The van der Waals surface area contributed by atoms with Crippen molar-refractivity contribution in [3.8, 4) is 10.4 Å². The predicted octanol–water partition coefficient (Wildman–Crippen LogP) is 4.67. The van der Waals surface area contributed by atoms with Crippen LogP contribution in [0.5, 0.6) is 0 Å². The van der Waals surface area contributed by atoms with Crippen molar-refractivity contribution in [3.63, 3.8) is 0 Å². The van der Waals surface area contributed by atoms with Crippen LogP contribution in [-0.2, 0) is 0 Å². The van der Waals surface area contributed by atoms with Gasteiger partial charge in [-0.1, -0.05) is 19.0 Å². The number of carbonyl (C=O) groups excluding carboxylic acids is 1. The highest BCUT2D eigenvalue weighted by molar-refractivity contribution is 7.13. The number of amides is 1. The second kappa shape index (κ2) is 6.11. The number of thiophene rings is 1. The molecule has 23 heavy (non-hydrogen) atoms. The average molecular weight is 332 g/mol. The van der Waals surface area contributed by atoms with Crippen molar-refractivity contribution in [1.82, 2.24) is 10.1 Å². The molecule has 2 aromatic heterocycles. The van der Waals surface area contributed by atoms with Crippen LogP contribution in [0.15, 0.2) is 16.0 Å². The fourth-order valence-electron chi connectivity index (χ4n) is 3.22. The Morgan fingerprint density at radius 3 is 2.78 bits per heavy atom. The van der Waals surface area contributed by atoms with Crippen LogP contribution in [0, 0.1) is 19.3 Å². The number of hydrogen-bond acceptors (Lipinski definition) is 4. The third-order valence-corrected chi connectivity index (χ3v) is 5.70. The van der Waals surface area contributed by atoms with E-state index in [2.05, 4.69) is 19.0 Å². The van der Waals surface area contributed by atoms with Crippen molar-refractivity contribution in [2.24, 2.45) is 5.41 Å². The Balaban J connectivity index is 1.79. The van der Waals surface area contributed by atoms with E-state index in [1.807, 2.05) is 30.2 Å². The molecule has 1 saturated heterocycles. The lowest BCUT2D eigenvalue weighted by Gasteiger charge is -2.23. The first kappa shape index (κ1) is 16.2. The highest BCUT2D eigenvalue weighted by atomic mass is 32.1. The molecule has 4 nitrogen and oxygen atoms in total. The summed E-state index contributed by atoms with van der Waals surface area (Å²) in [5.41, 5.74) is 3.02. The van der Waals surface area contributed by atoms with Gasteiger partial charge in [0.25, 0.3) is 5.91 Å². The summed E-state index contributed by atoms with van der Waals surface area (Å²) in [4.78, 5) is 15.9. The molecule has 0 spiro atoms. The molecule has 1 fully saturated rings. The normalized spacial score (nSPS) is 18.0. The van der Waals surface area contributed by atoms with Gasteiger partial charge in [0, 0.05) is 23.3 Å². The average Bonchev–Trinajstić information content (AvgIpc) is 3.03. The van der Waals surface area contributed by atoms with Crippen molar-refractivity contribution >= 4 is 17.2 Å². The summed E-state index contributed by atoms with van der Waals surface area (Å²) < 4.78 is 5.24. The van der Waals surface area contributed by atoms with Gasteiger partial charge in [0.2, 0.25) is 0 Å². The van der Waals surface area contributed by atoms with E-state index in [1.54, 1.807) is 11.3 Å². The number of aromatic nitrogens is 1. The number of rotatable bonds is 2. The minimum Gasteiger partial charge on any atom is -0.361 e. The van der Waals surface area contributed by atoms with Crippen LogP contribution in [0.25, 0.3) is 10.4 Å². The molecule has 3 heterocycles. The number of nitrogens with zero attached hydrogens (tertiary/aromatic N) is 2. The highest BCUT2D eigenvalue weighted by Crippen LogP contribution is 2.34. The topological polar surface area (TPSA) is 46.3 Å². The van der Waals surface area contributed by atoms with E-state index < -0.39 is 0 Å². The van der Waals surface area contributed by atoms with Gasteiger partial charge < -0.3 is 9.42 Å². The Kier molecular flexibility index (Phi) is 4.32. The fraction of sp³-hybridized carbons (Fsp3) is 0.556. The van der Waals surface area contributed by atoms with E-state index in [1.165, 1.54) is 6.42 Å². The minimum atomic E-state index is 0.150. The quantitative estimate of drug-likeness (QED) is 0.802. The molecule has 0 aromatic carbocycles. The Hall–Kier alpha value is -1.62. The first-order valence-corrected chi connectivity index (χ1v) is 9.06. The van der Waals surface area contributed by atoms with Crippen molar-refractivity contribution in [3.05, 3.63) is 28.5 Å². The second-order valence-electron chi connectivity index (χ2n) is 7.21. The van der Waals surface area contributed by atoms with E-state index >= 15 is 0 Å². The van der Waals surface area contributed by atoms with Crippen LogP contribution in [0.4, 0.5) is 0 Å². The van der Waals surface area contributed by atoms with E-state index in [4.69, 9.17) is 4.52 Å². The molecule has 1 aliphatic rings. The molecule has 0 saturated carbocycles. The van der Waals surface area contributed by atoms with E-state index in [0.717, 1.165) is 53.4 Å². The Morgan fingerprint density at radius 2 is 2.09 bits per heavy atom. The number of aryl methyl sites for hydroxylation is 2.